The Kier molecular flexibility index (Phi) is 3.94. The Morgan fingerprint density at radius 1 is 1.14 bits per heavy atom. The van der Waals surface area contributed by atoms with Crippen LogP contribution in [0.3, 0.4) is 0 Å². The van der Waals surface area contributed by atoms with E-state index in [0.717, 1.165) is 16.7 Å². The zero-order chi connectivity index (χ0) is 15.5. The van der Waals surface area contributed by atoms with E-state index in [1.54, 1.807) is 30.5 Å². The molecule has 0 saturated carbocycles. The number of halogens is 1. The van der Waals surface area contributed by atoms with Gasteiger partial charge in [-0.15, -0.1) is 0 Å². The maximum absolute atomic E-state index is 12.3. The van der Waals surface area contributed by atoms with E-state index in [9.17, 15) is 4.79 Å². The molecule has 0 aliphatic rings. The van der Waals surface area contributed by atoms with E-state index >= 15 is 0 Å². The first kappa shape index (κ1) is 14.4. The minimum Gasteiger partial charge on any atom is -0.338 e. The molecule has 1 N–H and O–H groups in total. The fourth-order valence-electron chi connectivity index (χ4n) is 2.08. The highest BCUT2D eigenvalue weighted by Gasteiger charge is 2.16. The lowest BCUT2D eigenvalue weighted by Gasteiger charge is -2.06. The summed E-state index contributed by atoms with van der Waals surface area (Å²) in [6.45, 7) is 2.01. The van der Waals surface area contributed by atoms with Crippen LogP contribution in [-0.4, -0.2) is 11.1 Å². The molecule has 0 bridgehead atoms. The van der Waals surface area contributed by atoms with Gasteiger partial charge >= 0.3 is 0 Å². The van der Waals surface area contributed by atoms with Crippen LogP contribution in [0, 0.1) is 6.92 Å². The highest BCUT2D eigenvalue weighted by molar-refractivity contribution is 6.34. The van der Waals surface area contributed by atoms with E-state index < -0.39 is 0 Å². The molecule has 2 aromatic carbocycles. The van der Waals surface area contributed by atoms with Crippen molar-refractivity contribution < 1.29 is 9.32 Å². The van der Waals surface area contributed by atoms with Gasteiger partial charge in [0.25, 0.3) is 5.91 Å². The predicted octanol–water partition coefficient (Wildman–Crippen LogP) is 4.56. The van der Waals surface area contributed by atoms with Gasteiger partial charge < -0.3 is 4.52 Å². The summed E-state index contributed by atoms with van der Waals surface area (Å²) < 4.78 is 5.16. The van der Waals surface area contributed by atoms with Gasteiger partial charge in [0, 0.05) is 0 Å². The monoisotopic (exact) mass is 312 g/mol. The van der Waals surface area contributed by atoms with Gasteiger partial charge in [-0.2, -0.15) is 0 Å². The Morgan fingerprint density at radius 3 is 2.59 bits per heavy atom. The molecule has 0 aliphatic heterocycles. The minimum atomic E-state index is -0.337. The summed E-state index contributed by atoms with van der Waals surface area (Å²) in [5.74, 6) is -0.0375. The van der Waals surface area contributed by atoms with Crippen LogP contribution < -0.4 is 5.32 Å². The predicted molar refractivity (Wildman–Crippen MR) is 86.1 cm³/mol. The van der Waals surface area contributed by atoms with E-state index in [2.05, 4.69) is 10.5 Å². The number of aromatic nitrogens is 1. The SMILES string of the molecule is Cc1ccc(-c2cnoc2NC(=O)c2ccccc2Cl)cc1. The number of anilines is 1. The molecule has 3 aromatic rings. The number of aryl methyl sites for hydroxylation is 1. The Hall–Kier alpha value is -2.59. The van der Waals surface area contributed by atoms with Crippen LogP contribution in [0.5, 0.6) is 0 Å². The highest BCUT2D eigenvalue weighted by atomic mass is 35.5. The highest BCUT2D eigenvalue weighted by Crippen LogP contribution is 2.28. The second-order valence-corrected chi connectivity index (χ2v) is 5.28. The van der Waals surface area contributed by atoms with E-state index in [1.807, 2.05) is 31.2 Å². The average molecular weight is 313 g/mol. The molecular formula is C17H13ClN2O2. The number of hydrogen-bond acceptors (Lipinski definition) is 3. The number of rotatable bonds is 3. The number of nitrogens with zero attached hydrogens (tertiary/aromatic N) is 1. The number of carbonyl (C=O) groups excluding carboxylic acids is 1. The summed E-state index contributed by atoms with van der Waals surface area (Å²) in [5.41, 5.74) is 3.18. The second-order valence-electron chi connectivity index (χ2n) is 4.87. The van der Waals surface area contributed by atoms with E-state index in [4.69, 9.17) is 16.1 Å². The molecule has 1 amide bonds. The molecule has 110 valence electrons. The van der Waals surface area contributed by atoms with Gasteiger partial charge in [0.1, 0.15) is 0 Å². The molecule has 3 rings (SSSR count). The summed E-state index contributed by atoms with van der Waals surface area (Å²) in [4.78, 5) is 12.3. The number of amides is 1. The summed E-state index contributed by atoms with van der Waals surface area (Å²) in [7, 11) is 0. The zero-order valence-electron chi connectivity index (χ0n) is 11.8. The molecule has 0 unspecified atom stereocenters. The van der Waals surface area contributed by atoms with E-state index in [0.29, 0.717) is 16.5 Å². The van der Waals surface area contributed by atoms with E-state index in [-0.39, 0.29) is 5.91 Å². The van der Waals surface area contributed by atoms with Crippen LogP contribution in [0.4, 0.5) is 5.88 Å². The Bertz CT molecular complexity index is 810. The summed E-state index contributed by atoms with van der Waals surface area (Å²) in [6, 6.07) is 14.7. The van der Waals surface area contributed by atoms with Gasteiger partial charge in [-0.25, -0.2) is 0 Å². The molecule has 4 nitrogen and oxygen atoms in total. The van der Waals surface area contributed by atoms with Crippen LogP contribution in [-0.2, 0) is 0 Å². The molecule has 0 radical (unpaired) electrons. The lowest BCUT2D eigenvalue weighted by atomic mass is 10.1. The number of hydrogen-bond donors (Lipinski definition) is 1. The van der Waals surface area contributed by atoms with Gasteiger partial charge in [-0.3, -0.25) is 10.1 Å². The fourth-order valence-corrected chi connectivity index (χ4v) is 2.31. The van der Waals surface area contributed by atoms with Gasteiger partial charge in [0.05, 0.1) is 22.3 Å². The van der Waals surface area contributed by atoms with Gasteiger partial charge in [-0.05, 0) is 24.6 Å². The van der Waals surface area contributed by atoms with Crippen LogP contribution in [0.2, 0.25) is 5.02 Å². The maximum Gasteiger partial charge on any atom is 0.259 e. The molecular weight excluding hydrogens is 300 g/mol. The van der Waals surface area contributed by atoms with Crippen LogP contribution >= 0.6 is 11.6 Å². The van der Waals surface area contributed by atoms with Crippen molar-refractivity contribution in [3.8, 4) is 11.1 Å². The molecule has 0 saturated heterocycles. The first-order valence-corrected chi connectivity index (χ1v) is 7.10. The second kappa shape index (κ2) is 6.03. The molecule has 0 fully saturated rings. The third-order valence-electron chi connectivity index (χ3n) is 3.28. The Morgan fingerprint density at radius 2 is 1.86 bits per heavy atom. The molecule has 1 aromatic heterocycles. The van der Waals surface area contributed by atoms with Crippen molar-refractivity contribution >= 4 is 23.4 Å². The lowest BCUT2D eigenvalue weighted by molar-refractivity contribution is 0.102. The van der Waals surface area contributed by atoms with Crippen LogP contribution in [0.25, 0.3) is 11.1 Å². The van der Waals surface area contributed by atoms with Crippen molar-refractivity contribution in [3.05, 3.63) is 70.9 Å². The van der Waals surface area contributed by atoms with Gasteiger partial charge in [-0.1, -0.05) is 58.7 Å². The lowest BCUT2D eigenvalue weighted by Crippen LogP contribution is -2.12. The van der Waals surface area contributed by atoms with Crippen molar-refractivity contribution in [2.45, 2.75) is 6.92 Å². The van der Waals surface area contributed by atoms with Crippen molar-refractivity contribution in [2.24, 2.45) is 0 Å². The largest absolute Gasteiger partial charge is 0.338 e. The molecule has 0 atom stereocenters. The zero-order valence-corrected chi connectivity index (χ0v) is 12.6. The van der Waals surface area contributed by atoms with Gasteiger partial charge in [0.15, 0.2) is 0 Å². The molecule has 1 heterocycles. The topological polar surface area (TPSA) is 55.1 Å². The fraction of sp³-hybridized carbons (Fsp3) is 0.0588. The number of nitrogens with one attached hydrogen (secondary N) is 1. The molecule has 5 heteroatoms. The van der Waals surface area contributed by atoms with Crippen molar-refractivity contribution in [1.82, 2.24) is 5.16 Å². The Labute approximate surface area is 132 Å². The summed E-state index contributed by atoms with van der Waals surface area (Å²) >= 11 is 6.03. The minimum absolute atomic E-state index is 0.300. The maximum atomic E-state index is 12.3. The number of benzene rings is 2. The molecule has 22 heavy (non-hydrogen) atoms. The molecule has 0 aliphatic carbocycles. The van der Waals surface area contributed by atoms with Crippen molar-refractivity contribution in [2.75, 3.05) is 5.32 Å². The molecule has 0 spiro atoms. The summed E-state index contributed by atoms with van der Waals surface area (Å²) in [5, 5.41) is 6.86. The third kappa shape index (κ3) is 2.87. The first-order valence-electron chi connectivity index (χ1n) is 6.73. The summed E-state index contributed by atoms with van der Waals surface area (Å²) in [6.07, 6.45) is 1.58. The number of carbonyl (C=O) groups is 1. The van der Waals surface area contributed by atoms with Crippen molar-refractivity contribution in [1.29, 1.82) is 0 Å². The van der Waals surface area contributed by atoms with Crippen molar-refractivity contribution in [3.63, 3.8) is 0 Å². The van der Waals surface area contributed by atoms with Crippen LogP contribution in [0.1, 0.15) is 15.9 Å². The van der Waals surface area contributed by atoms with Gasteiger partial charge in [0.2, 0.25) is 5.88 Å². The first-order chi connectivity index (χ1) is 10.6. The average Bonchev–Trinajstić information content (AvgIpc) is 2.96. The smallest absolute Gasteiger partial charge is 0.259 e. The third-order valence-corrected chi connectivity index (χ3v) is 3.61. The Balaban J connectivity index is 1.88. The quantitative estimate of drug-likeness (QED) is 0.771. The van der Waals surface area contributed by atoms with Crippen LogP contribution in [0.15, 0.2) is 59.3 Å². The normalized spacial score (nSPS) is 10.5. The standard InChI is InChI=1S/C17H13ClN2O2/c1-11-6-8-12(9-7-11)14-10-19-22-17(14)20-16(21)13-4-2-3-5-15(13)18/h2-10H,1H3,(H,20,21). The van der Waals surface area contributed by atoms with E-state index in [1.165, 1.54) is 0 Å².